The fourth-order valence-corrected chi connectivity index (χ4v) is 3.14. The molecule has 0 amide bonds. The van der Waals surface area contributed by atoms with Crippen LogP contribution in [0.25, 0.3) is 10.1 Å². The Kier molecular flexibility index (Phi) is 2.66. The van der Waals surface area contributed by atoms with Crippen LogP contribution in [-0.2, 0) is 13.1 Å². The van der Waals surface area contributed by atoms with E-state index in [2.05, 4.69) is 29.4 Å². The second-order valence-corrected chi connectivity index (χ2v) is 5.04. The molecule has 2 heterocycles. The average molecular weight is 243 g/mol. The summed E-state index contributed by atoms with van der Waals surface area (Å²) in [5.74, 6) is 0. The number of hydrogen-bond donors (Lipinski definition) is 1. The maximum Gasteiger partial charge on any atom is 0.0676 e. The Morgan fingerprint density at radius 3 is 2.88 bits per heavy atom. The Labute approximate surface area is 103 Å². The fraction of sp³-hybridized carbons (Fsp3) is 0.154. The lowest BCUT2D eigenvalue weighted by molar-refractivity contribution is 0.687. The molecule has 0 aliphatic carbocycles. The molecule has 3 nitrogen and oxygen atoms in total. The Morgan fingerprint density at radius 1 is 1.24 bits per heavy atom. The molecular weight excluding hydrogens is 230 g/mol. The standard InChI is InChI=1S/C13H13N3S/c14-8-13-11(9-16-7-3-6-15-16)10-4-1-2-5-12(10)17-13/h1-7H,8-9,14H2. The molecule has 0 saturated heterocycles. The van der Waals surface area contributed by atoms with Crippen LogP contribution < -0.4 is 5.73 Å². The van der Waals surface area contributed by atoms with E-state index in [1.54, 1.807) is 17.5 Å². The van der Waals surface area contributed by atoms with Crippen molar-refractivity contribution in [1.82, 2.24) is 9.78 Å². The molecule has 0 aliphatic heterocycles. The lowest BCUT2D eigenvalue weighted by Gasteiger charge is -2.03. The molecule has 3 rings (SSSR count). The smallest absolute Gasteiger partial charge is 0.0676 e. The zero-order valence-electron chi connectivity index (χ0n) is 9.34. The van der Waals surface area contributed by atoms with E-state index < -0.39 is 0 Å². The molecule has 2 aromatic heterocycles. The van der Waals surface area contributed by atoms with E-state index in [1.807, 2.05) is 16.9 Å². The summed E-state index contributed by atoms with van der Waals surface area (Å²) in [6.07, 6.45) is 3.78. The van der Waals surface area contributed by atoms with Gasteiger partial charge < -0.3 is 5.73 Å². The van der Waals surface area contributed by atoms with E-state index in [0.29, 0.717) is 6.54 Å². The monoisotopic (exact) mass is 243 g/mol. The molecule has 0 unspecified atom stereocenters. The van der Waals surface area contributed by atoms with Gasteiger partial charge in [-0.05, 0) is 23.1 Å². The van der Waals surface area contributed by atoms with Crippen LogP contribution in [-0.4, -0.2) is 9.78 Å². The van der Waals surface area contributed by atoms with E-state index in [0.717, 1.165) is 6.54 Å². The maximum atomic E-state index is 5.82. The van der Waals surface area contributed by atoms with Gasteiger partial charge in [-0.2, -0.15) is 5.10 Å². The predicted molar refractivity (Wildman–Crippen MR) is 71.0 cm³/mol. The summed E-state index contributed by atoms with van der Waals surface area (Å²) in [6.45, 7) is 1.39. The summed E-state index contributed by atoms with van der Waals surface area (Å²) in [4.78, 5) is 1.25. The summed E-state index contributed by atoms with van der Waals surface area (Å²) < 4.78 is 3.24. The number of nitrogens with zero attached hydrogens (tertiary/aromatic N) is 2. The lowest BCUT2D eigenvalue weighted by Crippen LogP contribution is -2.04. The van der Waals surface area contributed by atoms with Gasteiger partial charge in [-0.15, -0.1) is 11.3 Å². The highest BCUT2D eigenvalue weighted by Crippen LogP contribution is 2.31. The van der Waals surface area contributed by atoms with Gasteiger partial charge in [0.25, 0.3) is 0 Å². The number of rotatable bonds is 3. The van der Waals surface area contributed by atoms with Crippen molar-refractivity contribution in [3.05, 3.63) is 53.2 Å². The summed E-state index contributed by atoms with van der Waals surface area (Å²) in [5.41, 5.74) is 7.13. The molecular formula is C13H13N3S. The number of nitrogens with two attached hydrogens (primary N) is 1. The first-order valence-electron chi connectivity index (χ1n) is 5.55. The third kappa shape index (κ3) is 1.85. The summed E-state index contributed by atoms with van der Waals surface area (Å²) in [6, 6.07) is 10.4. The van der Waals surface area contributed by atoms with Gasteiger partial charge in [0.15, 0.2) is 0 Å². The first-order chi connectivity index (χ1) is 8.38. The van der Waals surface area contributed by atoms with Crippen molar-refractivity contribution in [2.45, 2.75) is 13.1 Å². The number of fused-ring (bicyclic) bond motifs is 1. The lowest BCUT2D eigenvalue weighted by atomic mass is 10.1. The van der Waals surface area contributed by atoms with Crippen molar-refractivity contribution in [1.29, 1.82) is 0 Å². The van der Waals surface area contributed by atoms with Crippen molar-refractivity contribution in [2.24, 2.45) is 5.73 Å². The van der Waals surface area contributed by atoms with Crippen LogP contribution in [0.2, 0.25) is 0 Å². The molecule has 0 spiro atoms. The third-order valence-electron chi connectivity index (χ3n) is 2.85. The summed E-state index contributed by atoms with van der Waals surface area (Å²) >= 11 is 1.78. The highest BCUT2D eigenvalue weighted by Gasteiger charge is 2.10. The Hall–Kier alpha value is -1.65. The molecule has 2 N–H and O–H groups in total. The SMILES string of the molecule is NCc1sc2ccccc2c1Cn1cccn1. The van der Waals surface area contributed by atoms with Crippen LogP contribution >= 0.6 is 11.3 Å². The largest absolute Gasteiger partial charge is 0.326 e. The number of thiophene rings is 1. The van der Waals surface area contributed by atoms with Crippen LogP contribution in [0.5, 0.6) is 0 Å². The molecule has 4 heteroatoms. The van der Waals surface area contributed by atoms with Crippen molar-refractivity contribution < 1.29 is 0 Å². The van der Waals surface area contributed by atoms with Crippen LogP contribution in [0.1, 0.15) is 10.4 Å². The molecule has 0 radical (unpaired) electrons. The second-order valence-electron chi connectivity index (χ2n) is 3.91. The zero-order chi connectivity index (χ0) is 11.7. The molecule has 0 atom stereocenters. The van der Waals surface area contributed by atoms with E-state index in [4.69, 9.17) is 5.73 Å². The number of hydrogen-bond acceptors (Lipinski definition) is 3. The van der Waals surface area contributed by atoms with Crippen LogP contribution in [0.4, 0.5) is 0 Å². The molecule has 0 saturated carbocycles. The van der Waals surface area contributed by atoms with Gasteiger partial charge in [0.2, 0.25) is 0 Å². The molecule has 0 fully saturated rings. The Balaban J connectivity index is 2.12. The first kappa shape index (κ1) is 10.5. The van der Waals surface area contributed by atoms with Crippen molar-refractivity contribution in [2.75, 3.05) is 0 Å². The predicted octanol–water partition coefficient (Wildman–Crippen LogP) is 2.60. The van der Waals surface area contributed by atoms with Gasteiger partial charge in [-0.1, -0.05) is 18.2 Å². The van der Waals surface area contributed by atoms with Crippen LogP contribution in [0.15, 0.2) is 42.7 Å². The topological polar surface area (TPSA) is 43.8 Å². The minimum atomic E-state index is 0.593. The first-order valence-corrected chi connectivity index (χ1v) is 6.37. The van der Waals surface area contributed by atoms with E-state index in [9.17, 15) is 0 Å². The normalized spacial score (nSPS) is 11.1. The van der Waals surface area contributed by atoms with E-state index in [-0.39, 0.29) is 0 Å². The van der Waals surface area contributed by atoms with Gasteiger partial charge in [-0.3, -0.25) is 4.68 Å². The van der Waals surface area contributed by atoms with E-state index >= 15 is 0 Å². The quantitative estimate of drug-likeness (QED) is 0.768. The van der Waals surface area contributed by atoms with Gasteiger partial charge in [0.05, 0.1) is 6.54 Å². The van der Waals surface area contributed by atoms with Crippen LogP contribution in [0, 0.1) is 0 Å². The highest BCUT2D eigenvalue weighted by molar-refractivity contribution is 7.19. The summed E-state index contributed by atoms with van der Waals surface area (Å²) in [5, 5.41) is 5.55. The van der Waals surface area contributed by atoms with Crippen LogP contribution in [0.3, 0.4) is 0 Å². The van der Waals surface area contributed by atoms with Crippen molar-refractivity contribution in [3.63, 3.8) is 0 Å². The average Bonchev–Trinajstić information content (AvgIpc) is 2.98. The Bertz CT molecular complexity index is 625. The minimum absolute atomic E-state index is 0.593. The van der Waals surface area contributed by atoms with Gasteiger partial charge >= 0.3 is 0 Å². The van der Waals surface area contributed by atoms with Gasteiger partial charge in [0.1, 0.15) is 0 Å². The van der Waals surface area contributed by atoms with Crippen molar-refractivity contribution >= 4 is 21.4 Å². The highest BCUT2D eigenvalue weighted by atomic mass is 32.1. The fourth-order valence-electron chi connectivity index (χ4n) is 2.04. The second kappa shape index (κ2) is 4.31. The zero-order valence-corrected chi connectivity index (χ0v) is 10.2. The minimum Gasteiger partial charge on any atom is -0.326 e. The van der Waals surface area contributed by atoms with E-state index in [1.165, 1.54) is 20.5 Å². The Morgan fingerprint density at radius 2 is 2.12 bits per heavy atom. The molecule has 0 bridgehead atoms. The molecule has 3 aromatic rings. The maximum absolute atomic E-state index is 5.82. The number of aromatic nitrogens is 2. The number of benzene rings is 1. The molecule has 17 heavy (non-hydrogen) atoms. The van der Waals surface area contributed by atoms with Crippen molar-refractivity contribution in [3.8, 4) is 0 Å². The van der Waals surface area contributed by atoms with Gasteiger partial charge in [0, 0.05) is 28.5 Å². The van der Waals surface area contributed by atoms with Gasteiger partial charge in [-0.25, -0.2) is 0 Å². The molecule has 86 valence electrons. The third-order valence-corrected chi connectivity index (χ3v) is 4.08. The molecule has 1 aromatic carbocycles. The summed E-state index contributed by atoms with van der Waals surface area (Å²) in [7, 11) is 0. The molecule has 0 aliphatic rings.